The standard InChI is InChI=1S/C17H20ClN3O4S/c1-10-8-15(16(25-3)9-14(10)18)20-11(2)17(22)21-12-4-6-13(7-5-12)26(19,23)24/h4-9,11,20H,1-3H3,(H,21,22)(H2,19,23,24)/t11-/m1/s1. The molecule has 0 spiro atoms. The molecule has 1 atom stereocenters. The van der Waals surface area contributed by atoms with Crippen LogP contribution in [0, 0.1) is 6.92 Å². The molecule has 4 N–H and O–H groups in total. The second-order valence-corrected chi connectivity index (χ2v) is 7.69. The fourth-order valence-electron chi connectivity index (χ4n) is 2.22. The van der Waals surface area contributed by atoms with E-state index >= 15 is 0 Å². The van der Waals surface area contributed by atoms with Gasteiger partial charge >= 0.3 is 0 Å². The maximum atomic E-state index is 12.4. The molecule has 0 aliphatic carbocycles. The van der Waals surface area contributed by atoms with Crippen LogP contribution in [0.15, 0.2) is 41.3 Å². The SMILES string of the molecule is COc1cc(Cl)c(C)cc1N[C@H](C)C(=O)Nc1ccc(S(N)(=O)=O)cc1. The number of benzene rings is 2. The Kier molecular flexibility index (Phi) is 6.12. The molecule has 2 aromatic rings. The number of halogens is 1. The Morgan fingerprint density at radius 2 is 1.85 bits per heavy atom. The highest BCUT2D eigenvalue weighted by molar-refractivity contribution is 7.89. The summed E-state index contributed by atoms with van der Waals surface area (Å²) in [6, 6.07) is 8.49. The number of carbonyl (C=O) groups is 1. The number of rotatable bonds is 6. The average Bonchev–Trinajstić information content (AvgIpc) is 2.57. The van der Waals surface area contributed by atoms with Crippen molar-refractivity contribution in [3.05, 3.63) is 47.0 Å². The highest BCUT2D eigenvalue weighted by atomic mass is 35.5. The molecule has 2 aromatic carbocycles. The molecule has 0 unspecified atom stereocenters. The van der Waals surface area contributed by atoms with Crippen molar-refractivity contribution in [1.82, 2.24) is 0 Å². The average molecular weight is 398 g/mol. The topological polar surface area (TPSA) is 111 Å². The molecule has 2 rings (SSSR count). The van der Waals surface area contributed by atoms with Gasteiger partial charge in [-0.3, -0.25) is 4.79 Å². The van der Waals surface area contributed by atoms with Gasteiger partial charge in [-0.25, -0.2) is 13.6 Å². The van der Waals surface area contributed by atoms with Crippen LogP contribution in [0.25, 0.3) is 0 Å². The van der Waals surface area contributed by atoms with E-state index in [2.05, 4.69) is 10.6 Å². The number of amides is 1. The van der Waals surface area contributed by atoms with Crippen molar-refractivity contribution in [3.63, 3.8) is 0 Å². The molecule has 0 aromatic heterocycles. The fourth-order valence-corrected chi connectivity index (χ4v) is 2.89. The molecular weight excluding hydrogens is 378 g/mol. The van der Waals surface area contributed by atoms with Crippen molar-refractivity contribution < 1.29 is 17.9 Å². The molecule has 0 aliphatic rings. The lowest BCUT2D eigenvalue weighted by Gasteiger charge is -2.18. The summed E-state index contributed by atoms with van der Waals surface area (Å²) in [5.74, 6) is 0.223. The lowest BCUT2D eigenvalue weighted by Crippen LogP contribution is -2.32. The van der Waals surface area contributed by atoms with Crippen molar-refractivity contribution in [2.75, 3.05) is 17.7 Å². The molecule has 140 valence electrons. The van der Waals surface area contributed by atoms with Gasteiger partial charge in [0.1, 0.15) is 11.8 Å². The van der Waals surface area contributed by atoms with Crippen molar-refractivity contribution in [3.8, 4) is 5.75 Å². The van der Waals surface area contributed by atoms with Gasteiger partial charge in [-0.2, -0.15) is 0 Å². The van der Waals surface area contributed by atoms with Gasteiger partial charge in [0.2, 0.25) is 15.9 Å². The summed E-state index contributed by atoms with van der Waals surface area (Å²) in [4.78, 5) is 12.3. The number of anilines is 2. The van der Waals surface area contributed by atoms with Gasteiger partial charge in [0.15, 0.2) is 0 Å². The molecule has 0 saturated carbocycles. The molecule has 1 amide bonds. The third kappa shape index (κ3) is 4.87. The van der Waals surface area contributed by atoms with Gasteiger partial charge in [0.05, 0.1) is 17.7 Å². The molecule has 26 heavy (non-hydrogen) atoms. The maximum Gasteiger partial charge on any atom is 0.246 e. The molecule has 0 radical (unpaired) electrons. The molecule has 7 nitrogen and oxygen atoms in total. The summed E-state index contributed by atoms with van der Waals surface area (Å²) < 4.78 is 27.8. The van der Waals surface area contributed by atoms with E-state index in [-0.39, 0.29) is 10.8 Å². The number of ether oxygens (including phenoxy) is 1. The van der Waals surface area contributed by atoms with Gasteiger partial charge in [0.25, 0.3) is 0 Å². The Labute approximate surface area is 157 Å². The first kappa shape index (κ1) is 20.0. The van der Waals surface area contributed by atoms with Crippen LogP contribution in [0.4, 0.5) is 11.4 Å². The Balaban J connectivity index is 2.10. The zero-order valence-corrected chi connectivity index (χ0v) is 16.1. The van der Waals surface area contributed by atoms with Crippen LogP contribution in [0.5, 0.6) is 5.75 Å². The second kappa shape index (κ2) is 7.94. The first-order valence-corrected chi connectivity index (χ1v) is 9.58. The molecule has 0 heterocycles. The number of nitrogens with one attached hydrogen (secondary N) is 2. The lowest BCUT2D eigenvalue weighted by molar-refractivity contribution is -0.116. The Hall–Kier alpha value is -2.29. The van der Waals surface area contributed by atoms with Gasteiger partial charge < -0.3 is 15.4 Å². The van der Waals surface area contributed by atoms with E-state index < -0.39 is 16.1 Å². The van der Waals surface area contributed by atoms with Crippen LogP contribution in [0.3, 0.4) is 0 Å². The quantitative estimate of drug-likeness (QED) is 0.694. The van der Waals surface area contributed by atoms with Crippen LogP contribution in [0.1, 0.15) is 12.5 Å². The van der Waals surface area contributed by atoms with Crippen LogP contribution < -0.4 is 20.5 Å². The number of hydrogen-bond donors (Lipinski definition) is 3. The molecule has 0 aliphatic heterocycles. The van der Waals surface area contributed by atoms with Crippen molar-refractivity contribution >= 4 is 38.9 Å². The molecule has 9 heteroatoms. The summed E-state index contributed by atoms with van der Waals surface area (Å²) in [6.45, 7) is 3.54. The minimum atomic E-state index is -3.77. The van der Waals surface area contributed by atoms with E-state index in [0.29, 0.717) is 22.1 Å². The highest BCUT2D eigenvalue weighted by Gasteiger charge is 2.16. The number of primary sulfonamides is 1. The monoisotopic (exact) mass is 397 g/mol. The summed E-state index contributed by atoms with van der Waals surface area (Å²) >= 11 is 6.08. The highest BCUT2D eigenvalue weighted by Crippen LogP contribution is 2.31. The van der Waals surface area contributed by atoms with E-state index in [1.165, 1.54) is 31.4 Å². The van der Waals surface area contributed by atoms with Gasteiger partial charge in [-0.05, 0) is 49.7 Å². The third-order valence-corrected chi connectivity index (χ3v) is 5.03. The van der Waals surface area contributed by atoms with Gasteiger partial charge in [-0.1, -0.05) is 11.6 Å². The molecule has 0 saturated heterocycles. The Morgan fingerprint density at radius 3 is 2.38 bits per heavy atom. The Bertz CT molecular complexity index is 914. The van der Waals surface area contributed by atoms with Crippen molar-refractivity contribution in [2.45, 2.75) is 24.8 Å². The molecule has 0 fully saturated rings. The first-order chi connectivity index (χ1) is 12.1. The largest absolute Gasteiger partial charge is 0.495 e. The minimum absolute atomic E-state index is 0.0250. The lowest BCUT2D eigenvalue weighted by atomic mass is 10.2. The number of sulfonamides is 1. The normalized spacial score (nSPS) is 12.3. The number of hydrogen-bond acceptors (Lipinski definition) is 5. The zero-order chi connectivity index (χ0) is 19.5. The number of carbonyl (C=O) groups excluding carboxylic acids is 1. The predicted octanol–water partition coefficient (Wildman–Crippen LogP) is 2.74. The Morgan fingerprint density at radius 1 is 1.23 bits per heavy atom. The maximum absolute atomic E-state index is 12.4. The van der Waals surface area contributed by atoms with Crippen molar-refractivity contribution in [2.24, 2.45) is 5.14 Å². The van der Waals surface area contributed by atoms with Crippen molar-refractivity contribution in [1.29, 1.82) is 0 Å². The smallest absolute Gasteiger partial charge is 0.246 e. The van der Waals surface area contributed by atoms with E-state index in [1.807, 2.05) is 6.92 Å². The van der Waals surface area contributed by atoms with E-state index in [9.17, 15) is 13.2 Å². The number of nitrogens with two attached hydrogens (primary N) is 1. The third-order valence-electron chi connectivity index (χ3n) is 3.70. The van der Waals surface area contributed by atoms with Gasteiger partial charge in [0, 0.05) is 16.8 Å². The van der Waals surface area contributed by atoms with Crippen LogP contribution >= 0.6 is 11.6 Å². The number of methoxy groups -OCH3 is 1. The summed E-state index contributed by atoms with van der Waals surface area (Å²) in [5, 5.41) is 11.4. The van der Waals surface area contributed by atoms with Crippen LogP contribution in [-0.2, 0) is 14.8 Å². The number of aryl methyl sites for hydroxylation is 1. The molecular formula is C17H20ClN3O4S. The van der Waals surface area contributed by atoms with Gasteiger partial charge in [-0.15, -0.1) is 0 Å². The fraction of sp³-hybridized carbons (Fsp3) is 0.235. The predicted molar refractivity (Wildman–Crippen MR) is 102 cm³/mol. The summed E-state index contributed by atoms with van der Waals surface area (Å²) in [5.41, 5.74) is 1.94. The first-order valence-electron chi connectivity index (χ1n) is 7.66. The zero-order valence-electron chi connectivity index (χ0n) is 14.5. The van der Waals surface area contributed by atoms with E-state index in [0.717, 1.165) is 5.56 Å². The van der Waals surface area contributed by atoms with E-state index in [1.54, 1.807) is 19.1 Å². The molecule has 0 bridgehead atoms. The minimum Gasteiger partial charge on any atom is -0.495 e. The van der Waals surface area contributed by atoms with Crippen LogP contribution in [-0.4, -0.2) is 27.5 Å². The second-order valence-electron chi connectivity index (χ2n) is 5.73. The summed E-state index contributed by atoms with van der Waals surface area (Å²) in [7, 11) is -2.25. The van der Waals surface area contributed by atoms with E-state index in [4.69, 9.17) is 21.5 Å². The summed E-state index contributed by atoms with van der Waals surface area (Å²) in [6.07, 6.45) is 0. The van der Waals surface area contributed by atoms with Crippen LogP contribution in [0.2, 0.25) is 5.02 Å².